The molecule has 3 amide bonds. The lowest BCUT2D eigenvalue weighted by molar-refractivity contribution is -0.120. The molecule has 0 aromatic carbocycles. The van der Waals surface area contributed by atoms with Crippen LogP contribution in [0.3, 0.4) is 0 Å². The third-order valence-corrected chi connectivity index (χ3v) is 4.98. The van der Waals surface area contributed by atoms with Crippen molar-refractivity contribution in [3.63, 3.8) is 0 Å². The Morgan fingerprint density at radius 3 is 3.11 bits per heavy atom. The monoisotopic (exact) mass is 281 g/mol. The van der Waals surface area contributed by atoms with Gasteiger partial charge < -0.3 is 16.0 Å². The van der Waals surface area contributed by atoms with Crippen molar-refractivity contribution in [2.45, 2.75) is 43.0 Å². The zero-order valence-electron chi connectivity index (χ0n) is 10.8. The summed E-state index contributed by atoms with van der Waals surface area (Å²) in [7, 11) is 0. The molecule has 2 aliphatic rings. The molecule has 3 N–H and O–H groups in total. The number of carbonyl (C=O) groups is 2. The minimum atomic E-state index is -0.0473. The summed E-state index contributed by atoms with van der Waals surface area (Å²) in [5, 5.41) is 9.02. The van der Waals surface area contributed by atoms with Crippen LogP contribution in [0.25, 0.3) is 0 Å². The number of hydrogen-bond donors (Lipinski definition) is 3. The molecule has 2 heterocycles. The summed E-state index contributed by atoms with van der Waals surface area (Å²) in [5.41, 5.74) is 0. The van der Waals surface area contributed by atoms with Crippen LogP contribution in [0.5, 0.6) is 0 Å². The van der Waals surface area contributed by atoms with E-state index in [4.69, 9.17) is 6.42 Å². The van der Waals surface area contributed by atoms with Crippen molar-refractivity contribution < 1.29 is 9.59 Å². The Balaban J connectivity index is 1.60. The van der Waals surface area contributed by atoms with Crippen LogP contribution in [0, 0.1) is 12.3 Å². The summed E-state index contributed by atoms with van der Waals surface area (Å²) in [6.45, 7) is 0.304. The van der Waals surface area contributed by atoms with Crippen LogP contribution < -0.4 is 16.0 Å². The van der Waals surface area contributed by atoms with Gasteiger partial charge >= 0.3 is 6.03 Å². The smallest absolute Gasteiger partial charge is 0.315 e. The molecule has 5 nitrogen and oxygen atoms in total. The Bertz CT molecular complexity index is 394. The van der Waals surface area contributed by atoms with Crippen LogP contribution in [0.1, 0.15) is 25.7 Å². The van der Waals surface area contributed by atoms with Gasteiger partial charge in [-0.05, 0) is 12.8 Å². The summed E-state index contributed by atoms with van der Waals surface area (Å²) >= 11 is 1.90. The molecule has 0 aromatic rings. The zero-order valence-corrected chi connectivity index (χ0v) is 11.6. The number of rotatable bonds is 6. The Morgan fingerprint density at radius 1 is 1.47 bits per heavy atom. The van der Waals surface area contributed by atoms with Crippen LogP contribution in [0.4, 0.5) is 4.79 Å². The van der Waals surface area contributed by atoms with E-state index in [9.17, 15) is 9.59 Å². The lowest BCUT2D eigenvalue weighted by Crippen LogP contribution is -2.36. The van der Waals surface area contributed by atoms with Gasteiger partial charge in [0.15, 0.2) is 0 Å². The van der Waals surface area contributed by atoms with E-state index in [1.165, 1.54) is 0 Å². The first-order valence-corrected chi connectivity index (χ1v) is 7.64. The SMILES string of the molecule is C#CCNC(=O)CCCC[C@@H]1SCC2NC(=O)NC21. The number of thioether (sulfide) groups is 1. The minimum absolute atomic E-state index is 0.0192. The molecule has 19 heavy (non-hydrogen) atoms. The quantitative estimate of drug-likeness (QED) is 0.376. The number of unbranched alkanes of at least 4 members (excludes halogenated alkanes) is 1. The summed E-state index contributed by atoms with van der Waals surface area (Å²) < 4.78 is 0. The molecule has 2 rings (SSSR count). The van der Waals surface area contributed by atoms with Gasteiger partial charge in [0, 0.05) is 17.4 Å². The van der Waals surface area contributed by atoms with E-state index in [-0.39, 0.29) is 24.0 Å². The molecule has 0 bridgehead atoms. The highest BCUT2D eigenvalue weighted by molar-refractivity contribution is 8.00. The predicted molar refractivity (Wildman–Crippen MR) is 75.8 cm³/mol. The maximum absolute atomic E-state index is 11.3. The molecule has 2 unspecified atom stereocenters. The van der Waals surface area contributed by atoms with E-state index in [2.05, 4.69) is 21.9 Å². The first kappa shape index (κ1) is 14.1. The second-order valence-electron chi connectivity index (χ2n) is 4.85. The summed E-state index contributed by atoms with van der Waals surface area (Å²) in [6.07, 6.45) is 8.50. The van der Waals surface area contributed by atoms with Gasteiger partial charge in [-0.3, -0.25) is 4.79 Å². The predicted octanol–water partition coefficient (Wildman–Crippen LogP) is 0.462. The number of fused-ring (bicyclic) bond motifs is 1. The molecule has 0 spiro atoms. The number of amides is 3. The number of nitrogens with one attached hydrogen (secondary N) is 3. The van der Waals surface area contributed by atoms with Gasteiger partial charge in [-0.25, -0.2) is 4.79 Å². The van der Waals surface area contributed by atoms with Gasteiger partial charge in [0.2, 0.25) is 5.91 Å². The van der Waals surface area contributed by atoms with Crippen molar-refractivity contribution in [3.8, 4) is 12.3 Å². The molecular formula is C13H19N3O2S. The maximum atomic E-state index is 11.3. The molecule has 2 fully saturated rings. The Kier molecular flexibility index (Phi) is 4.97. The van der Waals surface area contributed by atoms with Crippen molar-refractivity contribution in [1.29, 1.82) is 0 Å². The number of urea groups is 1. The first-order chi connectivity index (χ1) is 9.20. The van der Waals surface area contributed by atoms with Crippen molar-refractivity contribution in [1.82, 2.24) is 16.0 Å². The first-order valence-electron chi connectivity index (χ1n) is 6.59. The van der Waals surface area contributed by atoms with E-state index in [1.807, 2.05) is 11.8 Å². The minimum Gasteiger partial charge on any atom is -0.345 e. The van der Waals surface area contributed by atoms with Gasteiger partial charge in [-0.15, -0.1) is 6.42 Å². The van der Waals surface area contributed by atoms with Crippen LogP contribution in [0.15, 0.2) is 0 Å². The lowest BCUT2D eigenvalue weighted by Gasteiger charge is -2.16. The van der Waals surface area contributed by atoms with E-state index in [0.29, 0.717) is 18.2 Å². The second kappa shape index (κ2) is 6.71. The standard InChI is InChI=1S/C13H19N3O2S/c1-2-7-14-11(17)6-4-3-5-10-12-9(8-19-10)15-13(18)16-12/h1,9-10,12H,3-8H2,(H,14,17)(H2,15,16,18)/t9?,10-,12?/m0/s1. The number of terminal acetylenes is 1. The van der Waals surface area contributed by atoms with Crippen LogP contribution in [-0.2, 0) is 4.79 Å². The van der Waals surface area contributed by atoms with Crippen molar-refractivity contribution in [2.75, 3.05) is 12.3 Å². The van der Waals surface area contributed by atoms with Gasteiger partial charge in [0.1, 0.15) is 0 Å². The van der Waals surface area contributed by atoms with Crippen molar-refractivity contribution in [3.05, 3.63) is 0 Å². The topological polar surface area (TPSA) is 70.2 Å². The lowest BCUT2D eigenvalue weighted by atomic mass is 10.0. The fourth-order valence-electron chi connectivity index (χ4n) is 2.51. The third kappa shape index (κ3) is 3.80. The van der Waals surface area contributed by atoms with E-state index in [1.54, 1.807) is 0 Å². The molecule has 2 saturated heterocycles. The molecule has 0 radical (unpaired) electrons. The molecule has 0 aromatic heterocycles. The number of carbonyl (C=O) groups excluding carboxylic acids is 2. The zero-order chi connectivity index (χ0) is 13.7. The molecule has 0 saturated carbocycles. The fraction of sp³-hybridized carbons (Fsp3) is 0.692. The molecule has 6 heteroatoms. The molecule has 3 atom stereocenters. The van der Waals surface area contributed by atoms with E-state index in [0.717, 1.165) is 25.0 Å². The largest absolute Gasteiger partial charge is 0.345 e. The molecule has 2 aliphatic heterocycles. The summed E-state index contributed by atoms with van der Waals surface area (Å²) in [4.78, 5) is 22.6. The molecule has 0 aliphatic carbocycles. The van der Waals surface area contributed by atoms with E-state index < -0.39 is 0 Å². The van der Waals surface area contributed by atoms with E-state index >= 15 is 0 Å². The van der Waals surface area contributed by atoms with Crippen molar-refractivity contribution >= 4 is 23.7 Å². The molecular weight excluding hydrogens is 262 g/mol. The van der Waals surface area contributed by atoms with Gasteiger partial charge in [0.25, 0.3) is 0 Å². The fourth-order valence-corrected chi connectivity index (χ4v) is 4.06. The normalized spacial score (nSPS) is 28.2. The average molecular weight is 281 g/mol. The van der Waals surface area contributed by atoms with Gasteiger partial charge in [0.05, 0.1) is 18.6 Å². The Labute approximate surface area is 117 Å². The van der Waals surface area contributed by atoms with Gasteiger partial charge in [-0.2, -0.15) is 11.8 Å². The van der Waals surface area contributed by atoms with Crippen LogP contribution in [-0.4, -0.2) is 41.6 Å². The summed E-state index contributed by atoms with van der Waals surface area (Å²) in [5.74, 6) is 3.38. The highest BCUT2D eigenvalue weighted by Crippen LogP contribution is 2.33. The Morgan fingerprint density at radius 2 is 2.32 bits per heavy atom. The summed E-state index contributed by atoms with van der Waals surface area (Å²) in [6, 6.07) is 0.489. The second-order valence-corrected chi connectivity index (χ2v) is 6.12. The Hall–Kier alpha value is -1.35. The maximum Gasteiger partial charge on any atom is 0.315 e. The third-order valence-electron chi connectivity index (χ3n) is 3.47. The molecule has 104 valence electrons. The highest BCUT2D eigenvalue weighted by atomic mass is 32.2. The van der Waals surface area contributed by atoms with Crippen LogP contribution >= 0.6 is 11.8 Å². The van der Waals surface area contributed by atoms with Crippen LogP contribution in [0.2, 0.25) is 0 Å². The number of hydrogen-bond acceptors (Lipinski definition) is 3. The van der Waals surface area contributed by atoms with Gasteiger partial charge in [-0.1, -0.05) is 12.3 Å². The van der Waals surface area contributed by atoms with Crippen molar-refractivity contribution in [2.24, 2.45) is 0 Å². The highest BCUT2D eigenvalue weighted by Gasteiger charge is 2.42. The average Bonchev–Trinajstić information content (AvgIpc) is 2.92.